The zero-order valence-corrected chi connectivity index (χ0v) is 12.0. The second-order valence-electron chi connectivity index (χ2n) is 5.02. The summed E-state index contributed by atoms with van der Waals surface area (Å²) in [5, 5.41) is 0. The van der Waals surface area contributed by atoms with Crippen LogP contribution in [0.15, 0.2) is 12.3 Å². The van der Waals surface area contributed by atoms with E-state index in [2.05, 4.69) is 9.88 Å². The number of rotatable bonds is 4. The Hall–Kier alpha value is -1.82. The number of hydrogen-bond donors (Lipinski definition) is 1. The van der Waals surface area contributed by atoms with Crippen molar-refractivity contribution in [1.29, 1.82) is 0 Å². The Labute approximate surface area is 118 Å². The first-order chi connectivity index (χ1) is 9.65. The van der Waals surface area contributed by atoms with Crippen LogP contribution in [0.1, 0.15) is 23.2 Å². The molecule has 1 aromatic heterocycles. The van der Waals surface area contributed by atoms with Gasteiger partial charge in [0, 0.05) is 26.8 Å². The molecule has 0 unspecified atom stereocenters. The van der Waals surface area contributed by atoms with E-state index in [0.717, 1.165) is 32.5 Å². The van der Waals surface area contributed by atoms with Crippen molar-refractivity contribution in [3.05, 3.63) is 17.8 Å². The van der Waals surface area contributed by atoms with Crippen LogP contribution in [-0.4, -0.2) is 44.9 Å². The van der Waals surface area contributed by atoms with Gasteiger partial charge in [0.15, 0.2) is 0 Å². The lowest BCUT2D eigenvalue weighted by Crippen LogP contribution is -2.36. The van der Waals surface area contributed by atoms with Crippen LogP contribution < -0.4 is 10.6 Å². The van der Waals surface area contributed by atoms with E-state index < -0.39 is 5.97 Å². The monoisotopic (exact) mass is 279 g/mol. The van der Waals surface area contributed by atoms with Crippen molar-refractivity contribution in [3.63, 3.8) is 0 Å². The third kappa shape index (κ3) is 3.19. The van der Waals surface area contributed by atoms with E-state index in [1.165, 1.54) is 7.11 Å². The number of esters is 1. The number of carbonyl (C=O) groups excluding carboxylic acids is 1. The summed E-state index contributed by atoms with van der Waals surface area (Å²) in [6.45, 7) is 2.50. The molecular formula is C14H21N3O3. The maximum atomic E-state index is 11.8. The number of pyridine rings is 1. The summed E-state index contributed by atoms with van der Waals surface area (Å²) in [7, 11) is 3.09. The smallest absolute Gasteiger partial charge is 0.341 e. The van der Waals surface area contributed by atoms with Crippen LogP contribution in [0.3, 0.4) is 0 Å². The Balaban J connectivity index is 2.15. The molecule has 1 aromatic rings. The van der Waals surface area contributed by atoms with Crippen molar-refractivity contribution < 1.29 is 14.3 Å². The topological polar surface area (TPSA) is 77.7 Å². The molecule has 20 heavy (non-hydrogen) atoms. The quantitative estimate of drug-likeness (QED) is 0.837. The van der Waals surface area contributed by atoms with Crippen LogP contribution in [0.2, 0.25) is 0 Å². The molecule has 0 amide bonds. The minimum atomic E-state index is -0.404. The van der Waals surface area contributed by atoms with Gasteiger partial charge in [-0.15, -0.1) is 0 Å². The Kier molecular flexibility index (Phi) is 4.79. The van der Waals surface area contributed by atoms with Gasteiger partial charge >= 0.3 is 5.97 Å². The lowest BCUT2D eigenvalue weighted by Gasteiger charge is -2.33. The average molecular weight is 279 g/mol. The summed E-state index contributed by atoms with van der Waals surface area (Å²) in [6.07, 6.45) is 3.63. The number of hydrogen-bond acceptors (Lipinski definition) is 6. The molecule has 1 fully saturated rings. The van der Waals surface area contributed by atoms with Crippen LogP contribution >= 0.6 is 0 Å². The van der Waals surface area contributed by atoms with Gasteiger partial charge in [-0.05, 0) is 24.8 Å². The molecule has 0 spiro atoms. The summed E-state index contributed by atoms with van der Waals surface area (Å²) < 4.78 is 9.99. The fourth-order valence-corrected chi connectivity index (χ4v) is 2.53. The van der Waals surface area contributed by atoms with Crippen LogP contribution in [0.5, 0.6) is 0 Å². The largest absolute Gasteiger partial charge is 0.465 e. The molecule has 0 aromatic carbocycles. The second-order valence-corrected chi connectivity index (χ2v) is 5.02. The van der Waals surface area contributed by atoms with Crippen molar-refractivity contribution in [3.8, 4) is 0 Å². The van der Waals surface area contributed by atoms with Crippen molar-refractivity contribution >= 4 is 17.5 Å². The van der Waals surface area contributed by atoms with E-state index in [-0.39, 0.29) is 0 Å². The number of piperidine rings is 1. The molecule has 0 radical (unpaired) electrons. The SMILES string of the molecule is COCC1CCN(c2ncc(N)cc2C(=O)OC)CC1. The average Bonchev–Trinajstić information content (AvgIpc) is 2.47. The molecule has 0 aliphatic carbocycles. The maximum absolute atomic E-state index is 11.8. The first-order valence-electron chi connectivity index (χ1n) is 6.73. The predicted octanol–water partition coefficient (Wildman–Crippen LogP) is 1.31. The lowest BCUT2D eigenvalue weighted by molar-refractivity contribution is 0.0601. The number of ether oxygens (including phenoxy) is 2. The second kappa shape index (κ2) is 6.56. The van der Waals surface area contributed by atoms with Gasteiger partial charge in [-0.2, -0.15) is 0 Å². The number of nitrogens with zero attached hydrogens (tertiary/aromatic N) is 2. The van der Waals surface area contributed by atoms with E-state index in [0.29, 0.717) is 23.0 Å². The Bertz CT molecular complexity index is 471. The number of anilines is 2. The summed E-state index contributed by atoms with van der Waals surface area (Å²) >= 11 is 0. The van der Waals surface area contributed by atoms with Crippen molar-refractivity contribution in [2.75, 3.05) is 44.5 Å². The maximum Gasteiger partial charge on any atom is 0.341 e. The molecule has 2 rings (SSSR count). The van der Waals surface area contributed by atoms with E-state index in [1.54, 1.807) is 19.4 Å². The van der Waals surface area contributed by atoms with Gasteiger partial charge < -0.3 is 20.1 Å². The highest BCUT2D eigenvalue weighted by molar-refractivity contribution is 5.95. The highest BCUT2D eigenvalue weighted by atomic mass is 16.5. The molecule has 0 bridgehead atoms. The molecule has 6 heteroatoms. The molecule has 6 nitrogen and oxygen atoms in total. The molecule has 1 aliphatic heterocycles. The van der Waals surface area contributed by atoms with E-state index in [1.807, 2.05) is 0 Å². The molecule has 2 N–H and O–H groups in total. The van der Waals surface area contributed by atoms with Crippen molar-refractivity contribution in [2.45, 2.75) is 12.8 Å². The fourth-order valence-electron chi connectivity index (χ4n) is 2.53. The minimum absolute atomic E-state index is 0.404. The minimum Gasteiger partial charge on any atom is -0.465 e. The predicted molar refractivity (Wildman–Crippen MR) is 76.8 cm³/mol. The van der Waals surface area contributed by atoms with Gasteiger partial charge in [0.1, 0.15) is 11.4 Å². The summed E-state index contributed by atoms with van der Waals surface area (Å²) in [5.41, 5.74) is 6.60. The Morgan fingerprint density at radius 1 is 1.45 bits per heavy atom. The fraction of sp³-hybridized carbons (Fsp3) is 0.571. The van der Waals surface area contributed by atoms with Crippen molar-refractivity contribution in [1.82, 2.24) is 4.98 Å². The van der Waals surface area contributed by atoms with Crippen LogP contribution in [0.4, 0.5) is 11.5 Å². The first-order valence-corrected chi connectivity index (χ1v) is 6.73. The molecule has 110 valence electrons. The zero-order chi connectivity index (χ0) is 14.5. The normalized spacial score (nSPS) is 16.2. The summed E-state index contributed by atoms with van der Waals surface area (Å²) in [5.74, 6) is 0.826. The Morgan fingerprint density at radius 2 is 2.15 bits per heavy atom. The third-order valence-electron chi connectivity index (χ3n) is 3.61. The number of nitrogens with two attached hydrogens (primary N) is 1. The lowest BCUT2D eigenvalue weighted by atomic mass is 9.97. The molecule has 1 saturated heterocycles. The van der Waals surface area contributed by atoms with Crippen LogP contribution in [-0.2, 0) is 9.47 Å². The third-order valence-corrected chi connectivity index (χ3v) is 3.61. The highest BCUT2D eigenvalue weighted by Crippen LogP contribution is 2.26. The number of aromatic nitrogens is 1. The van der Waals surface area contributed by atoms with Crippen molar-refractivity contribution in [2.24, 2.45) is 5.92 Å². The molecule has 0 saturated carbocycles. The first kappa shape index (κ1) is 14.6. The van der Waals surface area contributed by atoms with Gasteiger partial charge in [0.05, 0.1) is 19.0 Å². The number of methoxy groups -OCH3 is 2. The van der Waals surface area contributed by atoms with Crippen LogP contribution in [0.25, 0.3) is 0 Å². The van der Waals surface area contributed by atoms with Gasteiger partial charge in [-0.1, -0.05) is 0 Å². The van der Waals surface area contributed by atoms with Gasteiger partial charge in [0.2, 0.25) is 0 Å². The van der Waals surface area contributed by atoms with Gasteiger partial charge in [-0.3, -0.25) is 0 Å². The van der Waals surface area contributed by atoms with Gasteiger partial charge in [-0.25, -0.2) is 9.78 Å². The number of carbonyl (C=O) groups is 1. The standard InChI is InChI=1S/C14H21N3O3/c1-19-9-10-3-5-17(6-4-10)13-12(14(18)20-2)7-11(15)8-16-13/h7-8,10H,3-6,9,15H2,1-2H3. The number of nitrogen functional groups attached to an aromatic ring is 1. The summed E-state index contributed by atoms with van der Waals surface area (Å²) in [6, 6.07) is 1.62. The van der Waals surface area contributed by atoms with Gasteiger partial charge in [0.25, 0.3) is 0 Å². The summed E-state index contributed by atoms with van der Waals surface area (Å²) in [4.78, 5) is 18.3. The highest BCUT2D eigenvalue weighted by Gasteiger charge is 2.24. The molecule has 2 heterocycles. The van der Waals surface area contributed by atoms with E-state index in [9.17, 15) is 4.79 Å². The van der Waals surface area contributed by atoms with E-state index >= 15 is 0 Å². The van der Waals surface area contributed by atoms with Crippen LogP contribution in [0, 0.1) is 5.92 Å². The van der Waals surface area contributed by atoms with E-state index in [4.69, 9.17) is 15.2 Å². The molecule has 0 atom stereocenters. The Morgan fingerprint density at radius 3 is 2.75 bits per heavy atom. The zero-order valence-electron chi connectivity index (χ0n) is 12.0. The molecular weight excluding hydrogens is 258 g/mol. The molecule has 1 aliphatic rings.